The van der Waals surface area contributed by atoms with Gasteiger partial charge in [0.05, 0.1) is 17.6 Å². The van der Waals surface area contributed by atoms with Gasteiger partial charge < -0.3 is 0 Å². The summed E-state index contributed by atoms with van der Waals surface area (Å²) < 4.78 is 1.87. The highest BCUT2D eigenvalue weighted by Gasteiger charge is 2.11. The number of hydrogen-bond donors (Lipinski definition) is 0. The van der Waals surface area contributed by atoms with Gasteiger partial charge in [0.2, 0.25) is 0 Å². The molecule has 2 aromatic heterocycles. The summed E-state index contributed by atoms with van der Waals surface area (Å²) >= 11 is 0. The highest BCUT2D eigenvalue weighted by Crippen LogP contribution is 2.15. The van der Waals surface area contributed by atoms with Gasteiger partial charge in [-0.3, -0.25) is 14.5 Å². The number of rotatable bonds is 4. The molecule has 21 heavy (non-hydrogen) atoms. The molecule has 0 bridgehead atoms. The van der Waals surface area contributed by atoms with E-state index >= 15 is 0 Å². The first-order chi connectivity index (χ1) is 10.1. The van der Waals surface area contributed by atoms with E-state index in [1.165, 1.54) is 0 Å². The number of benzene rings is 1. The van der Waals surface area contributed by atoms with Gasteiger partial charge in [-0.1, -0.05) is 6.07 Å². The monoisotopic (exact) mass is 279 g/mol. The number of hydrogen-bond acceptors (Lipinski definition) is 3. The number of ketones is 1. The largest absolute Gasteiger partial charge is 0.294 e. The molecular formula is C17H17N3O. The third-order valence-electron chi connectivity index (χ3n) is 3.46. The van der Waals surface area contributed by atoms with E-state index in [1.54, 1.807) is 6.20 Å². The quantitative estimate of drug-likeness (QED) is 0.687. The van der Waals surface area contributed by atoms with E-state index in [0.717, 1.165) is 16.6 Å². The number of carbonyl (C=O) groups excluding carboxylic acids is 1. The number of Topliss-reactive ketones (excluding diaryl/α,β-unsaturated/α-hetero) is 1. The van der Waals surface area contributed by atoms with Gasteiger partial charge in [0.15, 0.2) is 5.78 Å². The van der Waals surface area contributed by atoms with Crippen molar-refractivity contribution in [1.82, 2.24) is 14.8 Å². The molecule has 3 rings (SSSR count). The van der Waals surface area contributed by atoms with Gasteiger partial charge in [0.1, 0.15) is 0 Å². The van der Waals surface area contributed by atoms with Crippen LogP contribution in [0.2, 0.25) is 0 Å². The van der Waals surface area contributed by atoms with Crippen LogP contribution in [0.1, 0.15) is 35.9 Å². The molecular weight excluding hydrogens is 262 g/mol. The van der Waals surface area contributed by atoms with E-state index in [2.05, 4.69) is 23.9 Å². The molecule has 0 aliphatic heterocycles. The molecule has 3 aromatic rings. The Morgan fingerprint density at radius 3 is 2.86 bits per heavy atom. The van der Waals surface area contributed by atoms with Crippen molar-refractivity contribution >= 4 is 16.7 Å². The van der Waals surface area contributed by atoms with Crippen molar-refractivity contribution in [3.05, 3.63) is 60.0 Å². The van der Waals surface area contributed by atoms with Gasteiger partial charge in [0.25, 0.3) is 0 Å². The summed E-state index contributed by atoms with van der Waals surface area (Å²) in [5, 5.41) is 5.40. The second-order valence-corrected chi connectivity index (χ2v) is 5.39. The normalized spacial score (nSPS) is 11.2. The minimum atomic E-state index is 0.0785. The molecule has 0 saturated carbocycles. The van der Waals surface area contributed by atoms with E-state index in [1.807, 2.05) is 47.3 Å². The number of carbonyl (C=O) groups is 1. The van der Waals surface area contributed by atoms with E-state index in [-0.39, 0.29) is 5.78 Å². The maximum absolute atomic E-state index is 12.4. The van der Waals surface area contributed by atoms with Crippen LogP contribution in [-0.4, -0.2) is 20.5 Å². The second-order valence-electron chi connectivity index (χ2n) is 5.39. The maximum Gasteiger partial charge on any atom is 0.168 e. The minimum absolute atomic E-state index is 0.0785. The molecule has 0 aliphatic carbocycles. The van der Waals surface area contributed by atoms with Crippen LogP contribution in [0.3, 0.4) is 0 Å². The smallest absolute Gasteiger partial charge is 0.168 e. The minimum Gasteiger partial charge on any atom is -0.294 e. The van der Waals surface area contributed by atoms with E-state index < -0.39 is 0 Å². The van der Waals surface area contributed by atoms with Crippen LogP contribution in [0.15, 0.2) is 48.8 Å². The lowest BCUT2D eigenvalue weighted by Crippen LogP contribution is -2.06. The molecule has 1 aromatic carbocycles. The molecule has 0 spiro atoms. The van der Waals surface area contributed by atoms with Crippen molar-refractivity contribution in [2.45, 2.75) is 26.3 Å². The topological polar surface area (TPSA) is 47.8 Å². The van der Waals surface area contributed by atoms with Crippen LogP contribution in [-0.2, 0) is 6.42 Å². The lowest BCUT2D eigenvalue weighted by Gasteiger charge is -2.04. The van der Waals surface area contributed by atoms with Gasteiger partial charge >= 0.3 is 0 Å². The summed E-state index contributed by atoms with van der Waals surface area (Å²) in [5.74, 6) is 0.0785. The zero-order valence-corrected chi connectivity index (χ0v) is 12.2. The first kappa shape index (κ1) is 13.5. The third-order valence-corrected chi connectivity index (χ3v) is 3.46. The molecule has 4 heteroatoms. The molecule has 106 valence electrons. The van der Waals surface area contributed by atoms with Crippen LogP contribution in [0.25, 0.3) is 10.9 Å². The van der Waals surface area contributed by atoms with Crippen molar-refractivity contribution in [1.29, 1.82) is 0 Å². The van der Waals surface area contributed by atoms with Crippen molar-refractivity contribution in [2.75, 3.05) is 0 Å². The summed E-state index contributed by atoms with van der Waals surface area (Å²) in [4.78, 5) is 16.6. The average molecular weight is 279 g/mol. The van der Waals surface area contributed by atoms with Crippen LogP contribution < -0.4 is 0 Å². The Hall–Kier alpha value is -2.49. The molecule has 0 amide bonds. The van der Waals surface area contributed by atoms with Crippen LogP contribution in [0.4, 0.5) is 0 Å². The number of nitrogens with zero attached hydrogens (tertiary/aromatic N) is 3. The molecule has 0 radical (unpaired) electrons. The molecule has 0 saturated heterocycles. The SMILES string of the molecule is CC(C)n1ccc(CC(=O)c2ccc3ncccc3c2)n1. The Kier molecular flexibility index (Phi) is 3.52. The fourth-order valence-corrected chi connectivity index (χ4v) is 2.27. The first-order valence-electron chi connectivity index (χ1n) is 7.05. The summed E-state index contributed by atoms with van der Waals surface area (Å²) in [6.07, 6.45) is 3.99. The Morgan fingerprint density at radius 1 is 1.24 bits per heavy atom. The second kappa shape index (κ2) is 5.48. The van der Waals surface area contributed by atoms with Crippen LogP contribution in [0.5, 0.6) is 0 Å². The Bertz CT molecular complexity index is 789. The zero-order valence-electron chi connectivity index (χ0n) is 12.2. The Balaban J connectivity index is 1.82. The lowest BCUT2D eigenvalue weighted by molar-refractivity contribution is 0.0992. The lowest BCUT2D eigenvalue weighted by atomic mass is 10.0. The number of pyridine rings is 1. The molecule has 0 unspecified atom stereocenters. The molecule has 0 aliphatic rings. The standard InChI is InChI=1S/C17H17N3O/c1-12(2)20-9-7-15(19-20)11-17(21)14-5-6-16-13(10-14)4-3-8-18-16/h3-10,12H,11H2,1-2H3. The molecule has 2 heterocycles. The van der Waals surface area contributed by atoms with Gasteiger partial charge in [-0.15, -0.1) is 0 Å². The first-order valence-corrected chi connectivity index (χ1v) is 7.05. The fourth-order valence-electron chi connectivity index (χ4n) is 2.27. The summed E-state index contributed by atoms with van der Waals surface area (Å²) in [7, 11) is 0. The Morgan fingerprint density at radius 2 is 2.10 bits per heavy atom. The number of fused-ring (bicyclic) bond motifs is 1. The third kappa shape index (κ3) is 2.84. The number of aromatic nitrogens is 3. The van der Waals surface area contributed by atoms with E-state index in [9.17, 15) is 4.79 Å². The molecule has 0 N–H and O–H groups in total. The van der Waals surface area contributed by atoms with Gasteiger partial charge in [0, 0.05) is 29.4 Å². The highest BCUT2D eigenvalue weighted by atomic mass is 16.1. The summed E-state index contributed by atoms with van der Waals surface area (Å²) in [5.41, 5.74) is 2.41. The zero-order chi connectivity index (χ0) is 14.8. The van der Waals surface area contributed by atoms with Crippen molar-refractivity contribution in [2.24, 2.45) is 0 Å². The van der Waals surface area contributed by atoms with Crippen molar-refractivity contribution < 1.29 is 4.79 Å². The highest BCUT2D eigenvalue weighted by molar-refractivity contribution is 6.00. The molecule has 0 atom stereocenters. The van der Waals surface area contributed by atoms with Crippen LogP contribution >= 0.6 is 0 Å². The van der Waals surface area contributed by atoms with Gasteiger partial charge in [-0.2, -0.15) is 5.10 Å². The summed E-state index contributed by atoms with van der Waals surface area (Å²) in [6.45, 7) is 4.13. The van der Waals surface area contributed by atoms with Crippen molar-refractivity contribution in [3.8, 4) is 0 Å². The predicted octanol–water partition coefficient (Wildman–Crippen LogP) is 3.44. The van der Waals surface area contributed by atoms with Gasteiger partial charge in [-0.05, 0) is 44.2 Å². The molecule has 0 fully saturated rings. The van der Waals surface area contributed by atoms with E-state index in [0.29, 0.717) is 18.0 Å². The maximum atomic E-state index is 12.4. The Labute approximate surface area is 123 Å². The van der Waals surface area contributed by atoms with Crippen LogP contribution in [0, 0.1) is 0 Å². The van der Waals surface area contributed by atoms with E-state index in [4.69, 9.17) is 0 Å². The average Bonchev–Trinajstić information content (AvgIpc) is 2.95. The summed E-state index contributed by atoms with van der Waals surface area (Å²) in [6, 6.07) is 11.7. The molecule has 4 nitrogen and oxygen atoms in total. The van der Waals surface area contributed by atoms with Crippen molar-refractivity contribution in [3.63, 3.8) is 0 Å². The predicted molar refractivity (Wildman–Crippen MR) is 82.4 cm³/mol. The fraction of sp³-hybridized carbons (Fsp3) is 0.235. The van der Waals surface area contributed by atoms with Gasteiger partial charge in [-0.25, -0.2) is 0 Å².